The monoisotopic (exact) mass is 286 g/mol. The number of nitrogens with two attached hydrogens (primary N) is 1. The third-order valence-electron chi connectivity index (χ3n) is 2.37. The highest BCUT2D eigenvalue weighted by atomic mass is 35.5. The highest BCUT2D eigenvalue weighted by Crippen LogP contribution is 2.28. The Morgan fingerprint density at radius 1 is 1.44 bits per heavy atom. The van der Waals surface area contributed by atoms with Crippen molar-refractivity contribution >= 4 is 33.0 Å². The van der Waals surface area contributed by atoms with Crippen molar-refractivity contribution < 1.29 is 8.42 Å². The van der Waals surface area contributed by atoms with Gasteiger partial charge in [-0.15, -0.1) is 0 Å². The molecule has 1 heterocycles. The molecule has 0 spiro atoms. The van der Waals surface area contributed by atoms with E-state index >= 15 is 0 Å². The average molecular weight is 287 g/mol. The van der Waals surface area contributed by atoms with Crippen molar-refractivity contribution in [1.82, 2.24) is 10.2 Å². The zero-order valence-corrected chi connectivity index (χ0v) is 11.0. The standard InChI is InChI=1S/C10H11ClN4O2S/c1-6-2-9(12)8(11)3-10(6)15-18(16,17)7-4-13-14-5-7/h2-5,15H,12H2,1H3,(H,13,14). The lowest BCUT2D eigenvalue weighted by Gasteiger charge is -2.10. The number of H-pyrrole nitrogens is 1. The third-order valence-corrected chi connectivity index (χ3v) is 4.03. The molecule has 2 rings (SSSR count). The number of sulfonamides is 1. The number of nitrogens with zero attached hydrogens (tertiary/aromatic N) is 1. The number of nitrogen functional groups attached to an aromatic ring is 1. The zero-order valence-electron chi connectivity index (χ0n) is 9.44. The van der Waals surface area contributed by atoms with E-state index in [9.17, 15) is 8.42 Å². The van der Waals surface area contributed by atoms with E-state index in [0.29, 0.717) is 22.0 Å². The Hall–Kier alpha value is -1.73. The predicted molar refractivity (Wildman–Crippen MR) is 70.0 cm³/mol. The lowest BCUT2D eigenvalue weighted by Crippen LogP contribution is -2.13. The lowest BCUT2D eigenvalue weighted by atomic mass is 10.2. The largest absolute Gasteiger partial charge is 0.398 e. The summed E-state index contributed by atoms with van der Waals surface area (Å²) in [7, 11) is -3.67. The molecule has 4 N–H and O–H groups in total. The van der Waals surface area contributed by atoms with E-state index in [1.807, 2.05) is 0 Å². The summed E-state index contributed by atoms with van der Waals surface area (Å²) in [6, 6.07) is 3.08. The van der Waals surface area contributed by atoms with Gasteiger partial charge in [0.2, 0.25) is 0 Å². The van der Waals surface area contributed by atoms with Crippen LogP contribution in [0.5, 0.6) is 0 Å². The van der Waals surface area contributed by atoms with Crippen molar-refractivity contribution in [1.29, 1.82) is 0 Å². The summed E-state index contributed by atoms with van der Waals surface area (Å²) in [5.41, 5.74) is 7.10. The first kappa shape index (κ1) is 12.7. The molecule has 96 valence electrons. The van der Waals surface area contributed by atoms with E-state index in [4.69, 9.17) is 17.3 Å². The molecule has 2 aromatic rings. The van der Waals surface area contributed by atoms with Crippen LogP contribution in [0.25, 0.3) is 0 Å². The van der Waals surface area contributed by atoms with Crippen LogP contribution in [0.2, 0.25) is 5.02 Å². The number of rotatable bonds is 3. The summed E-state index contributed by atoms with van der Waals surface area (Å²) in [4.78, 5) is 0.0508. The molecule has 0 saturated carbocycles. The van der Waals surface area contributed by atoms with Crippen molar-refractivity contribution in [2.75, 3.05) is 10.5 Å². The molecule has 0 aliphatic heterocycles. The number of anilines is 2. The van der Waals surface area contributed by atoms with Gasteiger partial charge < -0.3 is 5.73 Å². The topological polar surface area (TPSA) is 101 Å². The molecule has 0 aliphatic rings. The van der Waals surface area contributed by atoms with Gasteiger partial charge in [-0.25, -0.2) is 8.42 Å². The van der Waals surface area contributed by atoms with Crippen molar-refractivity contribution in [2.45, 2.75) is 11.8 Å². The van der Waals surface area contributed by atoms with E-state index in [0.717, 1.165) is 0 Å². The second-order valence-corrected chi connectivity index (χ2v) is 5.82. The number of aromatic nitrogens is 2. The van der Waals surface area contributed by atoms with E-state index in [-0.39, 0.29) is 4.90 Å². The molecule has 0 bridgehead atoms. The van der Waals surface area contributed by atoms with Crippen molar-refractivity contribution in [2.24, 2.45) is 0 Å². The molecular weight excluding hydrogens is 276 g/mol. The lowest BCUT2D eigenvalue weighted by molar-refractivity contribution is 0.601. The smallest absolute Gasteiger partial charge is 0.265 e. The van der Waals surface area contributed by atoms with Gasteiger partial charge in [0, 0.05) is 6.20 Å². The van der Waals surface area contributed by atoms with E-state index in [1.165, 1.54) is 18.5 Å². The van der Waals surface area contributed by atoms with Gasteiger partial charge in [-0.1, -0.05) is 11.6 Å². The van der Waals surface area contributed by atoms with Crippen LogP contribution in [-0.2, 0) is 10.0 Å². The first-order valence-corrected chi connectivity index (χ1v) is 6.83. The summed E-state index contributed by atoms with van der Waals surface area (Å²) in [6.45, 7) is 1.74. The molecule has 8 heteroatoms. The molecule has 0 unspecified atom stereocenters. The van der Waals surface area contributed by atoms with Gasteiger partial charge in [-0.3, -0.25) is 9.82 Å². The third kappa shape index (κ3) is 2.41. The van der Waals surface area contributed by atoms with E-state index < -0.39 is 10.0 Å². The number of halogens is 1. The minimum absolute atomic E-state index is 0.0508. The second-order valence-electron chi connectivity index (χ2n) is 3.73. The fourth-order valence-electron chi connectivity index (χ4n) is 1.40. The summed E-state index contributed by atoms with van der Waals surface area (Å²) in [5.74, 6) is 0. The Morgan fingerprint density at radius 2 is 2.17 bits per heavy atom. The Labute approximate surface area is 109 Å². The number of nitrogens with one attached hydrogen (secondary N) is 2. The number of hydrogen-bond donors (Lipinski definition) is 3. The molecule has 1 aromatic carbocycles. The Bertz CT molecular complexity index is 667. The van der Waals surface area contributed by atoms with Crippen LogP contribution in [0.3, 0.4) is 0 Å². The maximum Gasteiger partial charge on any atom is 0.265 e. The van der Waals surface area contributed by atoms with Crippen LogP contribution in [-0.4, -0.2) is 18.6 Å². The highest BCUT2D eigenvalue weighted by Gasteiger charge is 2.16. The first-order chi connectivity index (χ1) is 8.40. The van der Waals surface area contributed by atoms with Gasteiger partial charge in [0.25, 0.3) is 10.0 Å². The normalized spacial score (nSPS) is 11.4. The molecule has 0 radical (unpaired) electrons. The maximum absolute atomic E-state index is 12.0. The number of hydrogen-bond acceptors (Lipinski definition) is 4. The number of aromatic amines is 1. The summed E-state index contributed by atoms with van der Waals surface area (Å²) < 4.78 is 26.4. The minimum Gasteiger partial charge on any atom is -0.398 e. The van der Waals surface area contributed by atoms with Gasteiger partial charge in [0.05, 0.1) is 22.6 Å². The molecule has 1 aromatic heterocycles. The van der Waals surface area contributed by atoms with Crippen LogP contribution < -0.4 is 10.5 Å². The molecule has 0 aliphatic carbocycles. The summed E-state index contributed by atoms with van der Waals surface area (Å²) >= 11 is 5.86. The van der Waals surface area contributed by atoms with Gasteiger partial charge in [-0.05, 0) is 24.6 Å². The van der Waals surface area contributed by atoms with Crippen molar-refractivity contribution in [3.8, 4) is 0 Å². The van der Waals surface area contributed by atoms with Crippen LogP contribution in [0.15, 0.2) is 29.4 Å². The van der Waals surface area contributed by atoms with Crippen LogP contribution in [0.1, 0.15) is 5.56 Å². The highest BCUT2D eigenvalue weighted by molar-refractivity contribution is 7.92. The van der Waals surface area contributed by atoms with Crippen LogP contribution in [0, 0.1) is 6.92 Å². The molecule has 18 heavy (non-hydrogen) atoms. The quantitative estimate of drug-likeness (QED) is 0.748. The van der Waals surface area contributed by atoms with Gasteiger partial charge in [0.15, 0.2) is 0 Å². The predicted octanol–water partition coefficient (Wildman–Crippen LogP) is 1.75. The summed E-state index contributed by atoms with van der Waals surface area (Å²) in [6.07, 6.45) is 2.51. The minimum atomic E-state index is -3.67. The fraction of sp³-hybridized carbons (Fsp3) is 0.100. The maximum atomic E-state index is 12.0. The molecule has 0 amide bonds. The molecule has 0 atom stereocenters. The Balaban J connectivity index is 2.39. The Kier molecular flexibility index (Phi) is 3.18. The van der Waals surface area contributed by atoms with Gasteiger partial charge in [-0.2, -0.15) is 5.10 Å². The second kappa shape index (κ2) is 4.51. The SMILES string of the molecule is Cc1cc(N)c(Cl)cc1NS(=O)(=O)c1cn[nH]c1. The molecule has 0 saturated heterocycles. The van der Waals surface area contributed by atoms with Crippen LogP contribution in [0.4, 0.5) is 11.4 Å². The first-order valence-electron chi connectivity index (χ1n) is 4.97. The van der Waals surface area contributed by atoms with Crippen molar-refractivity contribution in [3.63, 3.8) is 0 Å². The molecular formula is C10H11ClN4O2S. The van der Waals surface area contributed by atoms with Crippen LogP contribution >= 0.6 is 11.6 Å². The fourth-order valence-corrected chi connectivity index (χ4v) is 2.59. The molecule has 6 nitrogen and oxygen atoms in total. The van der Waals surface area contributed by atoms with Gasteiger partial charge >= 0.3 is 0 Å². The van der Waals surface area contributed by atoms with Gasteiger partial charge in [0.1, 0.15) is 4.90 Å². The Morgan fingerprint density at radius 3 is 2.78 bits per heavy atom. The average Bonchev–Trinajstić information content (AvgIpc) is 2.79. The zero-order chi connectivity index (χ0) is 13.3. The van der Waals surface area contributed by atoms with E-state index in [1.54, 1.807) is 13.0 Å². The molecule has 0 fully saturated rings. The van der Waals surface area contributed by atoms with E-state index in [2.05, 4.69) is 14.9 Å². The number of benzene rings is 1. The summed E-state index contributed by atoms with van der Waals surface area (Å²) in [5, 5.41) is 6.33. The number of aryl methyl sites for hydroxylation is 1. The van der Waals surface area contributed by atoms with Crippen molar-refractivity contribution in [3.05, 3.63) is 35.1 Å².